The molecule has 1 rings (SSSR count). The van der Waals surface area contributed by atoms with E-state index in [4.69, 9.17) is 9.52 Å². The molecule has 1 aromatic rings. The van der Waals surface area contributed by atoms with Crippen LogP contribution < -0.4 is 5.32 Å². The predicted octanol–water partition coefficient (Wildman–Crippen LogP) is 1.85. The lowest BCUT2D eigenvalue weighted by Crippen LogP contribution is -2.25. The van der Waals surface area contributed by atoms with Crippen LogP contribution in [0.3, 0.4) is 0 Å². The summed E-state index contributed by atoms with van der Waals surface area (Å²) < 4.78 is 4.87. The Hall–Kier alpha value is -1.43. The Kier molecular flexibility index (Phi) is 5.09. The molecule has 0 aromatic carbocycles. The number of hydrogen-bond donors (Lipinski definition) is 2. The third kappa shape index (κ3) is 4.14. The third-order valence-electron chi connectivity index (χ3n) is 2.31. The average Bonchev–Trinajstić information content (AvgIpc) is 2.78. The highest BCUT2D eigenvalue weighted by Gasteiger charge is 2.14. The molecule has 0 radical (unpaired) electrons. The number of furan rings is 1. The first-order valence-corrected chi connectivity index (χ1v) is 6.46. The second-order valence-corrected chi connectivity index (χ2v) is 4.87. The maximum absolute atomic E-state index is 11.5. The number of amides is 1. The van der Waals surface area contributed by atoms with Crippen LogP contribution in [-0.4, -0.2) is 35.0 Å². The maximum Gasteiger partial charge on any atom is 0.338 e. The first-order chi connectivity index (χ1) is 8.04. The van der Waals surface area contributed by atoms with Crippen molar-refractivity contribution in [2.45, 2.75) is 18.6 Å². The molecule has 0 aliphatic rings. The summed E-state index contributed by atoms with van der Waals surface area (Å²) in [6, 6.07) is 1.22. The standard InChI is InChI=1S/C11H15NO4S/c1-7(17-2)3-4-12-10(13)9-5-8(6-16-9)11(14)15/h5-7H,3-4H2,1-2H3,(H,12,13)(H,14,15). The van der Waals surface area contributed by atoms with Crippen LogP contribution in [0.4, 0.5) is 0 Å². The highest BCUT2D eigenvalue weighted by atomic mass is 32.2. The lowest BCUT2D eigenvalue weighted by Gasteiger charge is -2.07. The van der Waals surface area contributed by atoms with E-state index in [2.05, 4.69) is 12.2 Å². The normalized spacial score (nSPS) is 12.1. The molecule has 0 aliphatic carbocycles. The Morgan fingerprint density at radius 2 is 2.29 bits per heavy atom. The number of carboxylic acid groups (broad SMARTS) is 1. The molecule has 1 heterocycles. The quantitative estimate of drug-likeness (QED) is 0.813. The van der Waals surface area contributed by atoms with Crippen molar-refractivity contribution in [1.82, 2.24) is 5.32 Å². The molecule has 1 amide bonds. The minimum atomic E-state index is -1.11. The number of thioether (sulfide) groups is 1. The summed E-state index contributed by atoms with van der Waals surface area (Å²) >= 11 is 1.73. The second kappa shape index (κ2) is 6.34. The van der Waals surface area contributed by atoms with Crippen LogP contribution in [0.25, 0.3) is 0 Å². The van der Waals surface area contributed by atoms with Crippen molar-refractivity contribution in [3.05, 3.63) is 23.7 Å². The topological polar surface area (TPSA) is 79.5 Å². The van der Waals surface area contributed by atoms with Gasteiger partial charge in [-0.1, -0.05) is 6.92 Å². The van der Waals surface area contributed by atoms with Crippen LogP contribution in [0.1, 0.15) is 34.3 Å². The molecule has 2 N–H and O–H groups in total. The van der Waals surface area contributed by atoms with Gasteiger partial charge in [0.25, 0.3) is 5.91 Å². The second-order valence-electron chi connectivity index (χ2n) is 3.60. The molecule has 17 heavy (non-hydrogen) atoms. The summed E-state index contributed by atoms with van der Waals surface area (Å²) in [6.45, 7) is 2.62. The zero-order valence-corrected chi connectivity index (χ0v) is 10.5. The number of rotatable bonds is 6. The smallest absolute Gasteiger partial charge is 0.338 e. The molecule has 1 aromatic heterocycles. The Morgan fingerprint density at radius 3 is 2.82 bits per heavy atom. The summed E-state index contributed by atoms with van der Waals surface area (Å²) in [7, 11) is 0. The van der Waals surface area contributed by atoms with Crippen molar-refractivity contribution >= 4 is 23.6 Å². The van der Waals surface area contributed by atoms with Crippen molar-refractivity contribution in [3.63, 3.8) is 0 Å². The van der Waals surface area contributed by atoms with Gasteiger partial charge in [-0.3, -0.25) is 4.79 Å². The fourth-order valence-electron chi connectivity index (χ4n) is 1.16. The molecule has 6 heteroatoms. The number of hydrogen-bond acceptors (Lipinski definition) is 4. The molecule has 0 spiro atoms. The Labute approximate surface area is 104 Å². The van der Waals surface area contributed by atoms with Gasteiger partial charge in [0.1, 0.15) is 6.26 Å². The number of carbonyl (C=O) groups is 2. The first-order valence-electron chi connectivity index (χ1n) is 5.17. The minimum Gasteiger partial charge on any atom is -0.478 e. The van der Waals surface area contributed by atoms with Crippen molar-refractivity contribution in [2.24, 2.45) is 0 Å². The highest BCUT2D eigenvalue weighted by molar-refractivity contribution is 7.99. The molecule has 1 unspecified atom stereocenters. The average molecular weight is 257 g/mol. The van der Waals surface area contributed by atoms with Gasteiger partial charge < -0.3 is 14.8 Å². The SMILES string of the molecule is CSC(C)CCNC(=O)c1cc(C(=O)O)co1. The molecular weight excluding hydrogens is 242 g/mol. The van der Waals surface area contributed by atoms with E-state index in [1.165, 1.54) is 6.07 Å². The van der Waals surface area contributed by atoms with E-state index in [9.17, 15) is 9.59 Å². The predicted molar refractivity (Wildman–Crippen MR) is 65.6 cm³/mol. The van der Waals surface area contributed by atoms with Gasteiger partial charge in [-0.2, -0.15) is 11.8 Å². The van der Waals surface area contributed by atoms with Crippen molar-refractivity contribution in [2.75, 3.05) is 12.8 Å². The van der Waals surface area contributed by atoms with Crippen LogP contribution in [0.5, 0.6) is 0 Å². The van der Waals surface area contributed by atoms with Gasteiger partial charge in [0.05, 0.1) is 5.56 Å². The van der Waals surface area contributed by atoms with E-state index in [1.807, 2.05) is 6.26 Å². The Morgan fingerprint density at radius 1 is 1.59 bits per heavy atom. The molecule has 5 nitrogen and oxygen atoms in total. The Bertz CT molecular complexity index is 402. The summed E-state index contributed by atoms with van der Waals surface area (Å²) in [5.41, 5.74) is -0.0207. The van der Waals surface area contributed by atoms with Gasteiger partial charge in [0.15, 0.2) is 5.76 Å². The fraction of sp³-hybridized carbons (Fsp3) is 0.455. The number of aromatic carboxylic acids is 1. The molecule has 0 saturated heterocycles. The third-order valence-corrected chi connectivity index (χ3v) is 3.35. The van der Waals surface area contributed by atoms with Crippen molar-refractivity contribution in [1.29, 1.82) is 0 Å². The maximum atomic E-state index is 11.5. The van der Waals surface area contributed by atoms with Crippen molar-refractivity contribution in [3.8, 4) is 0 Å². The van der Waals surface area contributed by atoms with Gasteiger partial charge in [-0.15, -0.1) is 0 Å². The first kappa shape index (κ1) is 13.6. The number of carboxylic acids is 1. The number of carbonyl (C=O) groups excluding carboxylic acids is 1. The molecule has 0 aliphatic heterocycles. The monoisotopic (exact) mass is 257 g/mol. The highest BCUT2D eigenvalue weighted by Crippen LogP contribution is 2.09. The Balaban J connectivity index is 2.44. The van der Waals surface area contributed by atoms with E-state index in [-0.39, 0.29) is 17.2 Å². The number of nitrogens with one attached hydrogen (secondary N) is 1. The van der Waals surface area contributed by atoms with Crippen LogP contribution in [0.15, 0.2) is 16.7 Å². The van der Waals surface area contributed by atoms with Gasteiger partial charge in [-0.25, -0.2) is 4.79 Å². The molecule has 0 bridgehead atoms. The minimum absolute atomic E-state index is 0.0207. The van der Waals surface area contributed by atoms with Gasteiger partial charge in [0, 0.05) is 17.9 Å². The van der Waals surface area contributed by atoms with Crippen molar-refractivity contribution < 1.29 is 19.1 Å². The zero-order valence-electron chi connectivity index (χ0n) is 9.73. The van der Waals surface area contributed by atoms with E-state index < -0.39 is 5.97 Å². The van der Waals surface area contributed by atoms with Crippen LogP contribution in [0.2, 0.25) is 0 Å². The summed E-state index contributed by atoms with van der Waals surface area (Å²) in [5, 5.41) is 11.8. The van der Waals surface area contributed by atoms with Gasteiger partial charge in [0.2, 0.25) is 0 Å². The largest absolute Gasteiger partial charge is 0.478 e. The molecular formula is C11H15NO4S. The molecule has 1 atom stereocenters. The van der Waals surface area contributed by atoms with Crippen LogP contribution in [0, 0.1) is 0 Å². The fourth-order valence-corrected chi connectivity index (χ4v) is 1.51. The van der Waals surface area contributed by atoms with Gasteiger partial charge in [-0.05, 0) is 12.7 Å². The van der Waals surface area contributed by atoms with E-state index in [0.29, 0.717) is 11.8 Å². The van der Waals surface area contributed by atoms with E-state index >= 15 is 0 Å². The molecule has 0 saturated carbocycles. The lowest BCUT2D eigenvalue weighted by atomic mass is 10.3. The van der Waals surface area contributed by atoms with E-state index in [0.717, 1.165) is 12.7 Å². The lowest BCUT2D eigenvalue weighted by molar-refractivity contribution is 0.0696. The summed E-state index contributed by atoms with van der Waals surface area (Å²) in [5.74, 6) is -1.46. The molecule has 94 valence electrons. The zero-order chi connectivity index (χ0) is 12.8. The summed E-state index contributed by atoms with van der Waals surface area (Å²) in [6.07, 6.45) is 3.93. The molecule has 0 fully saturated rings. The van der Waals surface area contributed by atoms with E-state index in [1.54, 1.807) is 11.8 Å². The van der Waals surface area contributed by atoms with Gasteiger partial charge >= 0.3 is 5.97 Å². The van der Waals surface area contributed by atoms with Crippen LogP contribution >= 0.6 is 11.8 Å². The summed E-state index contributed by atoms with van der Waals surface area (Å²) in [4.78, 5) is 22.1. The van der Waals surface area contributed by atoms with Crippen LogP contribution in [-0.2, 0) is 0 Å².